The zero-order chi connectivity index (χ0) is 11.9. The summed E-state index contributed by atoms with van der Waals surface area (Å²) in [5.74, 6) is 0. The largest absolute Gasteiger partial charge is 0.0655 e. The van der Waals surface area contributed by atoms with Crippen molar-refractivity contribution in [1.82, 2.24) is 0 Å². The second kappa shape index (κ2) is 6.05. The fraction of sp³-hybridized carbons (Fsp3) is 0.176. The zero-order valence-electron chi connectivity index (χ0n) is 10.3. The molecule has 0 aromatic heterocycles. The third kappa shape index (κ3) is 3.60. The van der Waals surface area contributed by atoms with Gasteiger partial charge in [-0.05, 0) is 24.0 Å². The van der Waals surface area contributed by atoms with Gasteiger partial charge in [0.1, 0.15) is 0 Å². The second-order valence-electron chi connectivity index (χ2n) is 4.23. The lowest BCUT2D eigenvalue weighted by molar-refractivity contribution is 1.02. The maximum Gasteiger partial charge on any atom is -0.00639 e. The summed E-state index contributed by atoms with van der Waals surface area (Å²) in [6.45, 7) is 2.22. The summed E-state index contributed by atoms with van der Waals surface area (Å²) in [6, 6.07) is 21.2. The minimum Gasteiger partial charge on any atom is -0.0655 e. The van der Waals surface area contributed by atoms with Crippen LogP contribution in [0, 0.1) is 0 Å². The van der Waals surface area contributed by atoms with Crippen molar-refractivity contribution < 1.29 is 0 Å². The first-order chi connectivity index (χ1) is 8.38. The van der Waals surface area contributed by atoms with Gasteiger partial charge in [0.25, 0.3) is 0 Å². The summed E-state index contributed by atoms with van der Waals surface area (Å²) in [6.07, 6.45) is 4.45. The van der Waals surface area contributed by atoms with E-state index in [4.69, 9.17) is 0 Å². The Labute approximate surface area is 104 Å². The van der Waals surface area contributed by atoms with E-state index in [1.165, 1.54) is 16.7 Å². The van der Waals surface area contributed by atoms with E-state index in [9.17, 15) is 0 Å². The smallest absolute Gasteiger partial charge is 0.00639 e. The van der Waals surface area contributed by atoms with Gasteiger partial charge in [0.05, 0.1) is 0 Å². The summed E-state index contributed by atoms with van der Waals surface area (Å²) < 4.78 is 0. The van der Waals surface area contributed by atoms with Crippen molar-refractivity contribution in [2.45, 2.75) is 19.8 Å². The van der Waals surface area contributed by atoms with Gasteiger partial charge < -0.3 is 0 Å². The molecule has 17 heavy (non-hydrogen) atoms. The lowest BCUT2D eigenvalue weighted by Gasteiger charge is -2.05. The molecule has 2 aromatic rings. The molecule has 0 radical (unpaired) electrons. The lowest BCUT2D eigenvalue weighted by Crippen LogP contribution is -1.89. The Kier molecular flexibility index (Phi) is 4.15. The molecule has 2 rings (SSSR count). The third-order valence-electron chi connectivity index (χ3n) is 2.90. The van der Waals surface area contributed by atoms with Crippen LogP contribution >= 0.6 is 0 Å². The van der Waals surface area contributed by atoms with Crippen molar-refractivity contribution >= 4 is 6.08 Å². The van der Waals surface area contributed by atoms with E-state index in [1.807, 2.05) is 0 Å². The highest BCUT2D eigenvalue weighted by molar-refractivity contribution is 5.53. The van der Waals surface area contributed by atoms with Gasteiger partial charge in [-0.2, -0.15) is 0 Å². The molecule has 0 nitrogen and oxygen atoms in total. The van der Waals surface area contributed by atoms with Crippen LogP contribution in [0.1, 0.15) is 24.5 Å². The van der Waals surface area contributed by atoms with E-state index >= 15 is 0 Å². The molecule has 0 heteroatoms. The van der Waals surface area contributed by atoms with Crippen molar-refractivity contribution in [1.29, 1.82) is 0 Å². The average molecular weight is 222 g/mol. The monoisotopic (exact) mass is 222 g/mol. The van der Waals surface area contributed by atoms with E-state index in [-0.39, 0.29) is 0 Å². The molecule has 0 N–H and O–H groups in total. The molecular weight excluding hydrogens is 204 g/mol. The number of allylic oxidation sites excluding steroid dienone is 1. The molecule has 2 aromatic carbocycles. The van der Waals surface area contributed by atoms with Crippen LogP contribution in [-0.4, -0.2) is 0 Å². The zero-order valence-corrected chi connectivity index (χ0v) is 10.3. The van der Waals surface area contributed by atoms with Crippen LogP contribution in [0.25, 0.3) is 6.08 Å². The Morgan fingerprint density at radius 3 is 2.06 bits per heavy atom. The van der Waals surface area contributed by atoms with Gasteiger partial charge in [0.15, 0.2) is 0 Å². The number of hydrogen-bond donors (Lipinski definition) is 0. The molecule has 0 aliphatic heterocycles. The minimum absolute atomic E-state index is 1.05. The first-order valence-electron chi connectivity index (χ1n) is 6.17. The van der Waals surface area contributed by atoms with E-state index in [1.54, 1.807) is 0 Å². The van der Waals surface area contributed by atoms with Gasteiger partial charge in [-0.3, -0.25) is 0 Å². The van der Waals surface area contributed by atoms with E-state index in [2.05, 4.69) is 73.7 Å². The van der Waals surface area contributed by atoms with Gasteiger partial charge in [0.2, 0.25) is 0 Å². The topological polar surface area (TPSA) is 0 Å². The first kappa shape index (κ1) is 11.7. The lowest BCUT2D eigenvalue weighted by atomic mass is 10.0. The molecule has 86 valence electrons. The predicted molar refractivity (Wildman–Crippen MR) is 74.9 cm³/mol. The van der Waals surface area contributed by atoms with Crippen LogP contribution in [0.15, 0.2) is 66.2 Å². The fourth-order valence-electron chi connectivity index (χ4n) is 1.92. The van der Waals surface area contributed by atoms with E-state index in [0.717, 1.165) is 12.8 Å². The molecule has 0 aliphatic rings. The Morgan fingerprint density at radius 1 is 0.882 bits per heavy atom. The van der Waals surface area contributed by atoms with Crippen LogP contribution in [0.4, 0.5) is 0 Å². The van der Waals surface area contributed by atoms with Gasteiger partial charge >= 0.3 is 0 Å². The Morgan fingerprint density at radius 2 is 1.47 bits per heavy atom. The van der Waals surface area contributed by atoms with Crippen molar-refractivity contribution in [3.05, 3.63) is 77.4 Å². The molecule has 0 atom stereocenters. The molecule has 0 aliphatic carbocycles. The standard InChI is InChI=1S/C17H18/c1-2-15(13-16-9-5-3-6-10-16)14-17-11-7-4-8-12-17/h3-13H,2,14H2,1H3. The highest BCUT2D eigenvalue weighted by atomic mass is 14.0. The van der Waals surface area contributed by atoms with Crippen molar-refractivity contribution in [2.75, 3.05) is 0 Å². The summed E-state index contributed by atoms with van der Waals surface area (Å²) in [5, 5.41) is 0. The highest BCUT2D eigenvalue weighted by Gasteiger charge is 1.97. The van der Waals surface area contributed by atoms with Crippen LogP contribution in [0.3, 0.4) is 0 Å². The Hall–Kier alpha value is -1.82. The molecule has 0 amide bonds. The van der Waals surface area contributed by atoms with Crippen LogP contribution in [0.5, 0.6) is 0 Å². The summed E-state index contributed by atoms with van der Waals surface area (Å²) in [5.41, 5.74) is 4.15. The fourth-order valence-corrected chi connectivity index (χ4v) is 1.92. The van der Waals surface area contributed by atoms with Gasteiger partial charge in [0, 0.05) is 0 Å². The normalized spacial score (nSPS) is 11.5. The van der Waals surface area contributed by atoms with Gasteiger partial charge in [-0.25, -0.2) is 0 Å². The molecule has 0 fully saturated rings. The van der Waals surface area contributed by atoms with E-state index < -0.39 is 0 Å². The van der Waals surface area contributed by atoms with Crippen molar-refractivity contribution in [3.63, 3.8) is 0 Å². The van der Waals surface area contributed by atoms with Crippen molar-refractivity contribution in [3.8, 4) is 0 Å². The first-order valence-corrected chi connectivity index (χ1v) is 6.17. The van der Waals surface area contributed by atoms with Crippen LogP contribution in [0.2, 0.25) is 0 Å². The van der Waals surface area contributed by atoms with Gasteiger partial charge in [-0.15, -0.1) is 0 Å². The third-order valence-corrected chi connectivity index (χ3v) is 2.90. The molecular formula is C17H18. The molecule has 0 saturated heterocycles. The molecule has 0 saturated carbocycles. The molecule has 0 bridgehead atoms. The predicted octanol–water partition coefficient (Wildman–Crippen LogP) is 4.72. The minimum atomic E-state index is 1.05. The maximum absolute atomic E-state index is 2.30. The summed E-state index contributed by atoms with van der Waals surface area (Å²) >= 11 is 0. The Bertz CT molecular complexity index is 466. The van der Waals surface area contributed by atoms with Crippen molar-refractivity contribution in [2.24, 2.45) is 0 Å². The van der Waals surface area contributed by atoms with Crippen LogP contribution in [-0.2, 0) is 6.42 Å². The van der Waals surface area contributed by atoms with Gasteiger partial charge in [-0.1, -0.05) is 79.2 Å². The SMILES string of the molecule is CCC(=Cc1ccccc1)Cc1ccccc1. The number of rotatable bonds is 4. The maximum atomic E-state index is 2.30. The molecule has 0 unspecified atom stereocenters. The molecule has 0 spiro atoms. The van der Waals surface area contributed by atoms with E-state index in [0.29, 0.717) is 0 Å². The number of hydrogen-bond acceptors (Lipinski definition) is 0. The Balaban J connectivity index is 2.15. The average Bonchev–Trinajstić information content (AvgIpc) is 2.40. The quantitative estimate of drug-likeness (QED) is 0.702. The summed E-state index contributed by atoms with van der Waals surface area (Å²) in [4.78, 5) is 0. The highest BCUT2D eigenvalue weighted by Crippen LogP contribution is 2.15. The van der Waals surface area contributed by atoms with Crippen LogP contribution < -0.4 is 0 Å². The summed E-state index contributed by atoms with van der Waals surface area (Å²) in [7, 11) is 0. The number of benzene rings is 2. The molecule has 0 heterocycles. The second-order valence-corrected chi connectivity index (χ2v) is 4.23.